The Morgan fingerprint density at radius 2 is 2.04 bits per heavy atom. The Kier molecular flexibility index (Phi) is 4.75. The number of rotatable bonds is 3. The van der Waals surface area contributed by atoms with Gasteiger partial charge in [-0.3, -0.25) is 9.69 Å². The highest BCUT2D eigenvalue weighted by Gasteiger charge is 2.42. The molecule has 2 fully saturated rings. The van der Waals surface area contributed by atoms with E-state index in [1.165, 1.54) is 0 Å². The fourth-order valence-corrected chi connectivity index (χ4v) is 4.24. The van der Waals surface area contributed by atoms with Crippen molar-refractivity contribution in [2.45, 2.75) is 31.8 Å². The zero-order chi connectivity index (χ0) is 18.1. The number of hydrogen-bond donors (Lipinski definition) is 0. The van der Waals surface area contributed by atoms with Gasteiger partial charge in [-0.15, -0.1) is 0 Å². The molecule has 0 spiro atoms. The Balaban J connectivity index is 1.43. The van der Waals surface area contributed by atoms with E-state index in [-0.39, 0.29) is 17.9 Å². The van der Waals surface area contributed by atoms with Gasteiger partial charge in [0, 0.05) is 19.6 Å². The minimum atomic E-state index is -0.0173. The van der Waals surface area contributed by atoms with Gasteiger partial charge in [0.15, 0.2) is 0 Å². The standard InChI is InChI=1S/C20H25N5O/c1-23-8-5-17(6-9-23)25-20(26)18-7-10-24(14-19(18)22-25)13-16-4-2-3-15(11-16)12-21/h2-4,11,17-18H,5-10,13-14H2,1H3. The molecule has 1 aromatic rings. The van der Waals surface area contributed by atoms with E-state index in [4.69, 9.17) is 10.4 Å². The number of hydrogen-bond acceptors (Lipinski definition) is 5. The van der Waals surface area contributed by atoms with Crippen molar-refractivity contribution in [1.82, 2.24) is 14.8 Å². The lowest BCUT2D eigenvalue weighted by Gasteiger charge is -2.33. The second-order valence-corrected chi connectivity index (χ2v) is 7.67. The van der Waals surface area contributed by atoms with Crippen LogP contribution in [-0.4, -0.2) is 65.7 Å². The van der Waals surface area contributed by atoms with Crippen LogP contribution in [-0.2, 0) is 11.3 Å². The number of amides is 1. The van der Waals surface area contributed by atoms with Crippen LogP contribution in [0.4, 0.5) is 0 Å². The van der Waals surface area contributed by atoms with Crippen molar-refractivity contribution in [2.24, 2.45) is 11.0 Å². The molecular formula is C20H25N5O. The zero-order valence-electron chi connectivity index (χ0n) is 15.3. The molecule has 3 aliphatic rings. The third-order valence-electron chi connectivity index (χ3n) is 5.78. The molecule has 26 heavy (non-hydrogen) atoms. The fourth-order valence-electron chi connectivity index (χ4n) is 4.24. The van der Waals surface area contributed by atoms with Crippen LogP contribution in [0.1, 0.15) is 30.4 Å². The van der Waals surface area contributed by atoms with Gasteiger partial charge in [0.25, 0.3) is 5.91 Å². The molecule has 6 nitrogen and oxygen atoms in total. The van der Waals surface area contributed by atoms with Gasteiger partial charge in [-0.25, -0.2) is 5.01 Å². The van der Waals surface area contributed by atoms with Crippen molar-refractivity contribution in [2.75, 3.05) is 33.2 Å². The summed E-state index contributed by atoms with van der Waals surface area (Å²) in [5, 5.41) is 15.6. The molecule has 0 aliphatic carbocycles. The second-order valence-electron chi connectivity index (χ2n) is 7.67. The maximum atomic E-state index is 12.8. The number of hydrazone groups is 1. The molecule has 0 N–H and O–H groups in total. The molecule has 1 amide bonds. The monoisotopic (exact) mass is 351 g/mol. The van der Waals surface area contributed by atoms with E-state index < -0.39 is 0 Å². The Bertz CT molecular complexity index is 760. The number of nitrogens with zero attached hydrogens (tertiary/aromatic N) is 5. The van der Waals surface area contributed by atoms with Crippen LogP contribution >= 0.6 is 0 Å². The number of carbonyl (C=O) groups is 1. The number of likely N-dealkylation sites (tertiary alicyclic amines) is 2. The minimum absolute atomic E-state index is 0.0173. The molecule has 136 valence electrons. The van der Waals surface area contributed by atoms with Gasteiger partial charge in [0.1, 0.15) is 0 Å². The van der Waals surface area contributed by atoms with Crippen molar-refractivity contribution < 1.29 is 4.79 Å². The normalized spacial score (nSPS) is 25.1. The summed E-state index contributed by atoms with van der Waals surface area (Å²) in [5.41, 5.74) is 2.86. The van der Waals surface area contributed by atoms with Crippen LogP contribution in [0.15, 0.2) is 29.4 Å². The molecule has 0 saturated carbocycles. The molecule has 1 aromatic carbocycles. The highest BCUT2D eigenvalue weighted by molar-refractivity contribution is 6.09. The summed E-state index contributed by atoms with van der Waals surface area (Å²) in [5.74, 6) is 0.192. The van der Waals surface area contributed by atoms with Gasteiger partial charge in [-0.1, -0.05) is 12.1 Å². The van der Waals surface area contributed by atoms with Gasteiger partial charge >= 0.3 is 0 Å². The van der Waals surface area contributed by atoms with E-state index in [0.29, 0.717) is 5.56 Å². The summed E-state index contributed by atoms with van der Waals surface area (Å²) in [6.07, 6.45) is 2.87. The quantitative estimate of drug-likeness (QED) is 0.831. The molecule has 1 unspecified atom stereocenters. The molecule has 0 radical (unpaired) electrons. The summed E-state index contributed by atoms with van der Waals surface area (Å²) < 4.78 is 0. The molecule has 3 heterocycles. The highest BCUT2D eigenvalue weighted by atomic mass is 16.2. The van der Waals surface area contributed by atoms with Gasteiger partial charge < -0.3 is 4.90 Å². The topological polar surface area (TPSA) is 62.9 Å². The SMILES string of the molecule is CN1CCC(N2N=C3CN(Cc4cccc(C#N)c4)CCC3C2=O)CC1. The van der Waals surface area contributed by atoms with Gasteiger partial charge in [-0.05, 0) is 57.1 Å². The first-order valence-electron chi connectivity index (χ1n) is 9.44. The maximum absolute atomic E-state index is 12.8. The Labute approximate surface area is 154 Å². The van der Waals surface area contributed by atoms with Crippen LogP contribution in [0.3, 0.4) is 0 Å². The Morgan fingerprint density at radius 3 is 2.81 bits per heavy atom. The molecule has 2 saturated heterocycles. The van der Waals surface area contributed by atoms with Crippen LogP contribution in [0, 0.1) is 17.2 Å². The summed E-state index contributed by atoms with van der Waals surface area (Å²) >= 11 is 0. The maximum Gasteiger partial charge on any atom is 0.251 e. The van der Waals surface area contributed by atoms with Gasteiger partial charge in [-0.2, -0.15) is 10.4 Å². The van der Waals surface area contributed by atoms with E-state index in [9.17, 15) is 4.79 Å². The molecule has 3 aliphatic heterocycles. The molecular weight excluding hydrogens is 326 g/mol. The summed E-state index contributed by atoms with van der Waals surface area (Å²) in [4.78, 5) is 17.5. The molecule has 0 aromatic heterocycles. The Morgan fingerprint density at radius 1 is 1.23 bits per heavy atom. The predicted octanol–water partition coefficient (Wildman–Crippen LogP) is 1.67. The van der Waals surface area contributed by atoms with Crippen molar-refractivity contribution in [3.05, 3.63) is 35.4 Å². The van der Waals surface area contributed by atoms with Crippen LogP contribution in [0.25, 0.3) is 0 Å². The number of piperidine rings is 2. The molecule has 4 rings (SSSR count). The first kappa shape index (κ1) is 17.2. The number of fused-ring (bicyclic) bond motifs is 1. The van der Waals surface area contributed by atoms with Gasteiger partial charge in [0.05, 0.1) is 29.3 Å². The van der Waals surface area contributed by atoms with E-state index in [1.807, 2.05) is 18.2 Å². The summed E-state index contributed by atoms with van der Waals surface area (Å²) in [7, 11) is 2.13. The summed E-state index contributed by atoms with van der Waals surface area (Å²) in [6, 6.07) is 10.2. The van der Waals surface area contributed by atoms with Crippen LogP contribution in [0.5, 0.6) is 0 Å². The zero-order valence-corrected chi connectivity index (χ0v) is 15.3. The third kappa shape index (κ3) is 3.37. The van der Waals surface area contributed by atoms with Crippen LogP contribution in [0.2, 0.25) is 0 Å². The first-order chi connectivity index (χ1) is 12.6. The van der Waals surface area contributed by atoms with Crippen molar-refractivity contribution in [3.63, 3.8) is 0 Å². The van der Waals surface area contributed by atoms with Crippen molar-refractivity contribution in [3.8, 4) is 6.07 Å². The average Bonchev–Trinajstić information content (AvgIpc) is 2.98. The van der Waals surface area contributed by atoms with E-state index >= 15 is 0 Å². The van der Waals surface area contributed by atoms with Gasteiger partial charge in [0.2, 0.25) is 0 Å². The minimum Gasteiger partial charge on any atom is -0.306 e. The lowest BCUT2D eigenvalue weighted by atomic mass is 9.93. The number of benzene rings is 1. The van der Waals surface area contributed by atoms with Crippen LogP contribution < -0.4 is 0 Å². The lowest BCUT2D eigenvalue weighted by molar-refractivity contribution is -0.135. The molecule has 6 heteroatoms. The predicted molar refractivity (Wildman–Crippen MR) is 99.3 cm³/mol. The molecule has 1 atom stereocenters. The third-order valence-corrected chi connectivity index (χ3v) is 5.78. The summed E-state index contributed by atoms with van der Waals surface area (Å²) in [6.45, 7) is 4.50. The second kappa shape index (κ2) is 7.18. The van der Waals surface area contributed by atoms with Crippen molar-refractivity contribution in [1.29, 1.82) is 5.26 Å². The van der Waals surface area contributed by atoms with E-state index in [2.05, 4.69) is 29.0 Å². The van der Waals surface area contributed by atoms with E-state index in [1.54, 1.807) is 5.01 Å². The highest BCUT2D eigenvalue weighted by Crippen LogP contribution is 2.29. The lowest BCUT2D eigenvalue weighted by Crippen LogP contribution is -2.45. The fraction of sp³-hybridized carbons (Fsp3) is 0.550. The number of carbonyl (C=O) groups excluding carboxylic acids is 1. The largest absolute Gasteiger partial charge is 0.306 e. The van der Waals surface area contributed by atoms with E-state index in [0.717, 1.165) is 63.3 Å². The Hall–Kier alpha value is -2.23. The molecule has 0 bridgehead atoms. The average molecular weight is 351 g/mol. The number of nitriles is 1. The first-order valence-corrected chi connectivity index (χ1v) is 9.44. The smallest absolute Gasteiger partial charge is 0.251 e. The van der Waals surface area contributed by atoms with Crippen molar-refractivity contribution >= 4 is 11.6 Å².